The van der Waals surface area contributed by atoms with Gasteiger partial charge in [-0.1, -0.05) is 12.1 Å². The first-order valence-corrected chi connectivity index (χ1v) is 7.64. The summed E-state index contributed by atoms with van der Waals surface area (Å²) in [6.07, 6.45) is -3.61. The molecule has 1 aliphatic rings. The van der Waals surface area contributed by atoms with Crippen LogP contribution in [-0.4, -0.2) is 37.4 Å². The highest BCUT2D eigenvalue weighted by atomic mass is 19.4. The minimum Gasteiger partial charge on any atom is -0.484 e. The molecule has 3 N–H and O–H groups in total. The molecular weight excluding hydrogens is 325 g/mol. The van der Waals surface area contributed by atoms with E-state index in [0.29, 0.717) is 31.6 Å². The van der Waals surface area contributed by atoms with E-state index in [9.17, 15) is 18.0 Å². The summed E-state index contributed by atoms with van der Waals surface area (Å²) < 4.78 is 47.1. The van der Waals surface area contributed by atoms with Gasteiger partial charge in [0.1, 0.15) is 5.75 Å². The van der Waals surface area contributed by atoms with Gasteiger partial charge in [-0.15, -0.1) is 0 Å². The van der Waals surface area contributed by atoms with Crippen LogP contribution in [0.5, 0.6) is 5.75 Å². The fraction of sp³-hybridized carbons (Fsp3) is 0.562. The van der Waals surface area contributed by atoms with Crippen molar-refractivity contribution >= 4 is 5.91 Å². The largest absolute Gasteiger partial charge is 0.484 e. The number of nitrogens with one attached hydrogen (secondary N) is 1. The van der Waals surface area contributed by atoms with Gasteiger partial charge in [-0.25, -0.2) is 0 Å². The first kappa shape index (κ1) is 18.5. The SMILES string of the molecule is Cc1ccc(CNC(=O)C2(N)CCOCC2)c(OCC(F)(F)F)c1. The molecule has 1 saturated heterocycles. The molecule has 0 bridgehead atoms. The van der Waals surface area contributed by atoms with Gasteiger partial charge in [0, 0.05) is 25.3 Å². The Kier molecular flexibility index (Phi) is 5.71. The molecule has 0 spiro atoms. The number of hydrogen-bond donors (Lipinski definition) is 2. The lowest BCUT2D eigenvalue weighted by Gasteiger charge is -2.31. The highest BCUT2D eigenvalue weighted by Gasteiger charge is 2.35. The molecule has 5 nitrogen and oxygen atoms in total. The van der Waals surface area contributed by atoms with E-state index in [1.807, 2.05) is 0 Å². The molecule has 8 heteroatoms. The molecule has 1 amide bonds. The molecule has 1 heterocycles. The second kappa shape index (κ2) is 7.40. The summed E-state index contributed by atoms with van der Waals surface area (Å²) in [6, 6.07) is 4.89. The standard InChI is InChI=1S/C16H21F3N2O3/c1-11-2-3-12(13(8-11)24-10-16(17,18)19)9-21-14(22)15(20)4-6-23-7-5-15/h2-3,8H,4-7,9-10,20H2,1H3,(H,21,22). The molecule has 0 unspecified atom stereocenters. The smallest absolute Gasteiger partial charge is 0.422 e. The number of alkyl halides is 3. The van der Waals surface area contributed by atoms with Crippen LogP contribution in [0.15, 0.2) is 18.2 Å². The zero-order valence-corrected chi connectivity index (χ0v) is 13.4. The van der Waals surface area contributed by atoms with Gasteiger partial charge < -0.3 is 20.5 Å². The zero-order valence-electron chi connectivity index (χ0n) is 13.4. The van der Waals surface area contributed by atoms with Crippen LogP contribution in [0.1, 0.15) is 24.0 Å². The highest BCUT2D eigenvalue weighted by molar-refractivity contribution is 5.86. The second-order valence-electron chi connectivity index (χ2n) is 5.97. The normalized spacial score (nSPS) is 17.4. The van der Waals surface area contributed by atoms with Gasteiger partial charge in [-0.3, -0.25) is 4.79 Å². The summed E-state index contributed by atoms with van der Waals surface area (Å²) >= 11 is 0. The fourth-order valence-electron chi connectivity index (χ4n) is 2.42. The number of carbonyl (C=O) groups is 1. The number of nitrogens with two attached hydrogens (primary N) is 1. The van der Waals surface area contributed by atoms with E-state index >= 15 is 0 Å². The fourth-order valence-corrected chi connectivity index (χ4v) is 2.42. The number of aryl methyl sites for hydroxylation is 1. The summed E-state index contributed by atoms with van der Waals surface area (Å²) in [5, 5.41) is 2.69. The predicted molar refractivity (Wildman–Crippen MR) is 81.5 cm³/mol. The summed E-state index contributed by atoms with van der Waals surface area (Å²) in [5.41, 5.74) is 6.30. The third-order valence-electron chi connectivity index (χ3n) is 3.89. The number of ether oxygens (including phenoxy) is 2. The van der Waals surface area contributed by atoms with E-state index in [-0.39, 0.29) is 18.2 Å². The quantitative estimate of drug-likeness (QED) is 0.856. The van der Waals surface area contributed by atoms with Crippen LogP contribution in [0, 0.1) is 6.92 Å². The molecule has 0 aromatic heterocycles. The first-order valence-electron chi connectivity index (χ1n) is 7.64. The number of halogens is 3. The van der Waals surface area contributed by atoms with E-state index in [0.717, 1.165) is 5.56 Å². The molecule has 1 aliphatic heterocycles. The van der Waals surface area contributed by atoms with E-state index in [2.05, 4.69) is 5.32 Å². The van der Waals surface area contributed by atoms with E-state index < -0.39 is 18.3 Å². The molecule has 1 aromatic rings. The van der Waals surface area contributed by atoms with Crippen LogP contribution in [0.3, 0.4) is 0 Å². The van der Waals surface area contributed by atoms with Crippen molar-refractivity contribution in [2.45, 2.75) is 38.0 Å². The lowest BCUT2D eigenvalue weighted by atomic mass is 9.90. The number of hydrogen-bond acceptors (Lipinski definition) is 4. The van der Waals surface area contributed by atoms with Gasteiger partial charge in [-0.05, 0) is 31.4 Å². The maximum atomic E-state index is 12.4. The van der Waals surface area contributed by atoms with Gasteiger partial charge in [-0.2, -0.15) is 13.2 Å². The number of carbonyl (C=O) groups excluding carboxylic acids is 1. The van der Waals surface area contributed by atoms with Gasteiger partial charge in [0.25, 0.3) is 0 Å². The van der Waals surface area contributed by atoms with Crippen molar-refractivity contribution in [3.05, 3.63) is 29.3 Å². The van der Waals surface area contributed by atoms with Crippen LogP contribution >= 0.6 is 0 Å². The summed E-state index contributed by atoms with van der Waals surface area (Å²) in [5.74, 6) is -0.237. The lowest BCUT2D eigenvalue weighted by molar-refractivity contribution is -0.153. The Morgan fingerprint density at radius 3 is 2.67 bits per heavy atom. The Morgan fingerprint density at radius 2 is 2.04 bits per heavy atom. The predicted octanol–water partition coefficient (Wildman–Crippen LogP) is 2.06. The summed E-state index contributed by atoms with van der Waals surface area (Å²) in [6.45, 7) is 1.24. The van der Waals surface area contributed by atoms with Gasteiger partial charge >= 0.3 is 6.18 Å². The third kappa shape index (κ3) is 5.10. The molecule has 0 radical (unpaired) electrons. The maximum absolute atomic E-state index is 12.4. The van der Waals surface area contributed by atoms with Crippen molar-refractivity contribution in [3.63, 3.8) is 0 Å². The van der Waals surface area contributed by atoms with Gasteiger partial charge in [0.2, 0.25) is 5.91 Å². The van der Waals surface area contributed by atoms with Crippen LogP contribution in [0.2, 0.25) is 0 Å². The van der Waals surface area contributed by atoms with Gasteiger partial charge in [0.15, 0.2) is 6.61 Å². The Morgan fingerprint density at radius 1 is 1.38 bits per heavy atom. The molecule has 24 heavy (non-hydrogen) atoms. The van der Waals surface area contributed by atoms with Crippen molar-refractivity contribution in [3.8, 4) is 5.75 Å². The van der Waals surface area contributed by atoms with E-state index in [1.54, 1.807) is 19.1 Å². The average molecular weight is 346 g/mol. The lowest BCUT2D eigenvalue weighted by Crippen LogP contribution is -2.56. The summed E-state index contributed by atoms with van der Waals surface area (Å²) in [7, 11) is 0. The molecule has 0 atom stereocenters. The molecule has 0 saturated carbocycles. The van der Waals surface area contributed by atoms with Crippen LogP contribution in [0.25, 0.3) is 0 Å². The van der Waals surface area contributed by atoms with Crippen molar-refractivity contribution in [1.29, 1.82) is 0 Å². The Bertz CT molecular complexity index is 584. The molecule has 1 aromatic carbocycles. The Hall–Kier alpha value is -1.80. The minimum atomic E-state index is -4.42. The maximum Gasteiger partial charge on any atom is 0.422 e. The molecular formula is C16H21F3N2O3. The molecule has 134 valence electrons. The second-order valence-corrected chi connectivity index (χ2v) is 5.97. The topological polar surface area (TPSA) is 73.6 Å². The Labute approximate surface area is 138 Å². The number of benzene rings is 1. The molecule has 0 aliphatic carbocycles. The molecule has 2 rings (SSSR count). The highest BCUT2D eigenvalue weighted by Crippen LogP contribution is 2.24. The third-order valence-corrected chi connectivity index (χ3v) is 3.89. The average Bonchev–Trinajstić information content (AvgIpc) is 2.51. The Balaban J connectivity index is 2.02. The van der Waals surface area contributed by atoms with Crippen molar-refractivity contribution < 1.29 is 27.4 Å². The van der Waals surface area contributed by atoms with Crippen LogP contribution < -0.4 is 15.8 Å². The first-order chi connectivity index (χ1) is 11.2. The zero-order chi connectivity index (χ0) is 17.8. The molecule has 1 fully saturated rings. The minimum absolute atomic E-state index is 0.0477. The monoisotopic (exact) mass is 346 g/mol. The summed E-state index contributed by atoms with van der Waals surface area (Å²) in [4.78, 5) is 12.3. The van der Waals surface area contributed by atoms with Crippen LogP contribution in [0.4, 0.5) is 13.2 Å². The van der Waals surface area contributed by atoms with Gasteiger partial charge in [0.05, 0.1) is 5.54 Å². The van der Waals surface area contributed by atoms with Crippen molar-refractivity contribution in [2.24, 2.45) is 5.73 Å². The van der Waals surface area contributed by atoms with Crippen LogP contribution in [-0.2, 0) is 16.1 Å². The van der Waals surface area contributed by atoms with E-state index in [1.165, 1.54) is 6.07 Å². The van der Waals surface area contributed by atoms with Crippen molar-refractivity contribution in [2.75, 3.05) is 19.8 Å². The van der Waals surface area contributed by atoms with E-state index in [4.69, 9.17) is 15.2 Å². The number of amides is 1. The van der Waals surface area contributed by atoms with Crippen molar-refractivity contribution in [1.82, 2.24) is 5.32 Å². The number of rotatable bonds is 5.